The summed E-state index contributed by atoms with van der Waals surface area (Å²) in [7, 11) is 1.59. The van der Waals surface area contributed by atoms with E-state index in [4.69, 9.17) is 24.9 Å². The first-order valence-corrected chi connectivity index (χ1v) is 12.3. The number of aliphatic imine (C=N–C) groups is 1. The SMILES string of the molecule is CCN(CC)c1ccc(/N=C2/C(CNOC)=Nn3c2nc(-c2ccc4ccccc4n2)c3C)c(C)c1. The molecule has 0 fully saturated rings. The van der Waals surface area contributed by atoms with Crippen LogP contribution >= 0.6 is 0 Å². The average Bonchev–Trinajstić information content (AvgIpc) is 3.40. The molecule has 0 bridgehead atoms. The molecule has 1 aliphatic heterocycles. The lowest BCUT2D eigenvalue weighted by molar-refractivity contribution is 0.104. The molecule has 2 aromatic heterocycles. The zero-order valence-corrected chi connectivity index (χ0v) is 21.4. The molecule has 2 aromatic carbocycles. The Morgan fingerprint density at radius 1 is 1.00 bits per heavy atom. The van der Waals surface area contributed by atoms with Crippen molar-refractivity contribution in [2.75, 3.05) is 31.6 Å². The van der Waals surface area contributed by atoms with Gasteiger partial charge in [-0.15, -0.1) is 0 Å². The maximum Gasteiger partial charge on any atom is 0.182 e. The predicted molar refractivity (Wildman–Crippen MR) is 146 cm³/mol. The minimum atomic E-state index is 0.415. The number of nitrogens with one attached hydrogen (secondary N) is 1. The first kappa shape index (κ1) is 23.8. The summed E-state index contributed by atoms with van der Waals surface area (Å²) < 4.78 is 1.86. The van der Waals surface area contributed by atoms with Crippen molar-refractivity contribution in [2.45, 2.75) is 27.7 Å². The van der Waals surface area contributed by atoms with Gasteiger partial charge in [-0.2, -0.15) is 10.6 Å². The largest absolute Gasteiger partial charge is 0.372 e. The summed E-state index contributed by atoms with van der Waals surface area (Å²) in [5.41, 5.74) is 11.1. The molecule has 0 radical (unpaired) electrons. The van der Waals surface area contributed by atoms with E-state index >= 15 is 0 Å². The van der Waals surface area contributed by atoms with E-state index in [0.29, 0.717) is 12.4 Å². The van der Waals surface area contributed by atoms with Crippen LogP contribution in [0.1, 0.15) is 30.9 Å². The van der Waals surface area contributed by atoms with E-state index in [0.717, 1.165) is 63.7 Å². The first-order valence-electron chi connectivity index (χ1n) is 12.3. The van der Waals surface area contributed by atoms with Gasteiger partial charge < -0.3 is 9.74 Å². The topological polar surface area (TPSA) is 79.9 Å². The molecule has 8 nitrogen and oxygen atoms in total. The van der Waals surface area contributed by atoms with Gasteiger partial charge in [-0.05, 0) is 63.6 Å². The molecule has 0 amide bonds. The van der Waals surface area contributed by atoms with Crippen molar-refractivity contribution < 1.29 is 4.84 Å². The van der Waals surface area contributed by atoms with E-state index in [1.54, 1.807) is 7.11 Å². The van der Waals surface area contributed by atoms with Crippen molar-refractivity contribution in [3.8, 4) is 11.4 Å². The maximum absolute atomic E-state index is 5.10. The average molecular weight is 482 g/mol. The number of hydrogen-bond acceptors (Lipinski definition) is 7. The van der Waals surface area contributed by atoms with Gasteiger partial charge in [0.2, 0.25) is 0 Å². The molecule has 5 rings (SSSR count). The zero-order valence-electron chi connectivity index (χ0n) is 21.4. The van der Waals surface area contributed by atoms with Gasteiger partial charge in [-0.1, -0.05) is 24.3 Å². The molecule has 0 saturated heterocycles. The molecule has 0 saturated carbocycles. The summed E-state index contributed by atoms with van der Waals surface area (Å²) in [6, 6.07) is 18.6. The van der Waals surface area contributed by atoms with Crippen molar-refractivity contribution in [3.63, 3.8) is 0 Å². The minimum absolute atomic E-state index is 0.415. The Morgan fingerprint density at radius 2 is 1.81 bits per heavy atom. The molecule has 3 heterocycles. The molecule has 0 aliphatic carbocycles. The number of rotatable bonds is 8. The number of aromatic nitrogens is 3. The number of aryl methyl sites for hydroxylation is 1. The van der Waals surface area contributed by atoms with E-state index < -0.39 is 0 Å². The summed E-state index contributed by atoms with van der Waals surface area (Å²) in [5, 5.41) is 5.94. The summed E-state index contributed by atoms with van der Waals surface area (Å²) >= 11 is 0. The monoisotopic (exact) mass is 481 g/mol. The van der Waals surface area contributed by atoms with Crippen LogP contribution in [-0.2, 0) is 4.84 Å². The number of pyridine rings is 1. The van der Waals surface area contributed by atoms with Gasteiger partial charge >= 0.3 is 0 Å². The summed E-state index contributed by atoms with van der Waals surface area (Å²) in [4.78, 5) is 22.3. The van der Waals surface area contributed by atoms with Gasteiger partial charge in [-0.25, -0.2) is 19.6 Å². The summed E-state index contributed by atoms with van der Waals surface area (Å²) in [5.74, 6) is 0.706. The molecule has 4 aromatic rings. The number of benzene rings is 2. The maximum atomic E-state index is 5.10. The number of nitrogens with zero attached hydrogens (tertiary/aromatic N) is 6. The number of hydrogen-bond donors (Lipinski definition) is 1. The second-order valence-corrected chi connectivity index (χ2v) is 8.75. The molecule has 0 unspecified atom stereocenters. The highest BCUT2D eigenvalue weighted by atomic mass is 16.6. The lowest BCUT2D eigenvalue weighted by atomic mass is 10.1. The van der Waals surface area contributed by atoms with Crippen molar-refractivity contribution >= 4 is 33.7 Å². The van der Waals surface area contributed by atoms with Crippen LogP contribution in [0.15, 0.2) is 64.7 Å². The molecular formula is C28H31N7O. The highest BCUT2D eigenvalue weighted by Gasteiger charge is 2.29. The van der Waals surface area contributed by atoms with Crippen LogP contribution in [0.2, 0.25) is 0 Å². The van der Waals surface area contributed by atoms with Crippen molar-refractivity contribution in [1.82, 2.24) is 20.1 Å². The standard InChI is InChI=1S/C28H31N7O/c1-6-34(7-2)21-13-15-22(18(3)16-21)31-27-25(17-29-36-5)33-35-19(4)26(32-28(27)35)24-14-12-20-10-8-9-11-23(20)30-24/h8-16,29H,6-7,17H2,1-5H3/b31-27-. The lowest BCUT2D eigenvalue weighted by Crippen LogP contribution is -2.27. The highest BCUT2D eigenvalue weighted by molar-refractivity contribution is 6.50. The van der Waals surface area contributed by atoms with Gasteiger partial charge in [0.05, 0.1) is 36.2 Å². The molecular weight excluding hydrogens is 450 g/mol. The molecule has 8 heteroatoms. The predicted octanol–water partition coefficient (Wildman–Crippen LogP) is 5.05. The molecule has 1 aliphatic rings. The van der Waals surface area contributed by atoms with Gasteiger partial charge in [0.1, 0.15) is 17.1 Å². The second kappa shape index (κ2) is 10.0. The fourth-order valence-corrected chi connectivity index (χ4v) is 4.55. The number of para-hydroxylation sites is 1. The number of fused-ring (bicyclic) bond motifs is 2. The van der Waals surface area contributed by atoms with E-state index in [1.165, 1.54) is 5.69 Å². The normalized spacial score (nSPS) is 13.9. The number of imidazole rings is 1. The zero-order chi connectivity index (χ0) is 25.2. The molecule has 0 spiro atoms. The van der Waals surface area contributed by atoms with Crippen molar-refractivity contribution in [3.05, 3.63) is 71.7 Å². The molecule has 1 N–H and O–H groups in total. The van der Waals surface area contributed by atoms with Crippen LogP contribution < -0.4 is 10.4 Å². The van der Waals surface area contributed by atoms with E-state index in [-0.39, 0.29) is 0 Å². The van der Waals surface area contributed by atoms with Gasteiger partial charge in [0.25, 0.3) is 0 Å². The molecule has 0 atom stereocenters. The fraction of sp³-hybridized carbons (Fsp3) is 0.286. The van der Waals surface area contributed by atoms with Crippen LogP contribution in [0.3, 0.4) is 0 Å². The first-order chi connectivity index (χ1) is 17.5. The van der Waals surface area contributed by atoms with E-state index in [9.17, 15) is 0 Å². The minimum Gasteiger partial charge on any atom is -0.372 e. The number of hydroxylamine groups is 1. The van der Waals surface area contributed by atoms with Gasteiger partial charge in [0, 0.05) is 24.2 Å². The Hall–Kier alpha value is -3.88. The highest BCUT2D eigenvalue weighted by Crippen LogP contribution is 2.30. The fourth-order valence-electron chi connectivity index (χ4n) is 4.55. The smallest absolute Gasteiger partial charge is 0.182 e. The van der Waals surface area contributed by atoms with Crippen molar-refractivity contribution in [2.24, 2.45) is 10.1 Å². The molecule has 36 heavy (non-hydrogen) atoms. The third-order valence-electron chi connectivity index (χ3n) is 6.55. The van der Waals surface area contributed by atoms with Crippen LogP contribution in [0.5, 0.6) is 0 Å². The van der Waals surface area contributed by atoms with E-state index in [1.807, 2.05) is 35.9 Å². The third-order valence-corrected chi connectivity index (χ3v) is 6.55. The number of anilines is 1. The van der Waals surface area contributed by atoms with Crippen LogP contribution in [0, 0.1) is 13.8 Å². The lowest BCUT2D eigenvalue weighted by Gasteiger charge is -2.21. The van der Waals surface area contributed by atoms with Crippen LogP contribution in [0.25, 0.3) is 22.3 Å². The Morgan fingerprint density at radius 3 is 2.56 bits per heavy atom. The van der Waals surface area contributed by atoms with Gasteiger partial charge in [0.15, 0.2) is 5.82 Å². The van der Waals surface area contributed by atoms with E-state index in [2.05, 4.69) is 61.5 Å². The Bertz CT molecular complexity index is 1480. The summed E-state index contributed by atoms with van der Waals surface area (Å²) in [6.45, 7) is 10.8. The van der Waals surface area contributed by atoms with Crippen LogP contribution in [0.4, 0.5) is 11.4 Å². The summed E-state index contributed by atoms with van der Waals surface area (Å²) in [6.07, 6.45) is 0. The van der Waals surface area contributed by atoms with Gasteiger partial charge in [-0.3, -0.25) is 0 Å². The Labute approximate surface area is 211 Å². The third kappa shape index (κ3) is 4.29. The Kier molecular flexibility index (Phi) is 6.63. The molecule has 184 valence electrons. The quantitative estimate of drug-likeness (QED) is 0.356. The van der Waals surface area contributed by atoms with Crippen LogP contribution in [-0.4, -0.2) is 52.8 Å². The Balaban J connectivity index is 1.58. The van der Waals surface area contributed by atoms with Crippen molar-refractivity contribution in [1.29, 1.82) is 0 Å². The second-order valence-electron chi connectivity index (χ2n) is 8.75.